The summed E-state index contributed by atoms with van der Waals surface area (Å²) in [6, 6.07) is 6.61. The molecule has 1 saturated heterocycles. The molecule has 1 aromatic heterocycles. The van der Waals surface area contributed by atoms with Crippen LogP contribution < -0.4 is 5.32 Å². The average Bonchev–Trinajstić information content (AvgIpc) is 3.08. The molecule has 1 atom stereocenters. The predicted molar refractivity (Wildman–Crippen MR) is 123 cm³/mol. The minimum absolute atomic E-state index is 0.00183. The van der Waals surface area contributed by atoms with Gasteiger partial charge in [-0.15, -0.1) is 0 Å². The zero-order chi connectivity index (χ0) is 24.3. The molecule has 0 radical (unpaired) electrons. The second-order valence-electron chi connectivity index (χ2n) is 8.13. The first-order valence-corrected chi connectivity index (χ1v) is 12.3. The topological polar surface area (TPSA) is 126 Å². The number of carbonyl (C=O) groups excluding carboxylic acids is 3. The highest BCUT2D eigenvalue weighted by Crippen LogP contribution is 2.31. The van der Waals surface area contributed by atoms with E-state index < -0.39 is 21.9 Å². The van der Waals surface area contributed by atoms with E-state index in [9.17, 15) is 22.8 Å². The smallest absolute Gasteiger partial charge is 0.341 e. The Morgan fingerprint density at radius 2 is 1.94 bits per heavy atom. The lowest BCUT2D eigenvalue weighted by molar-refractivity contribution is -0.120. The molecule has 2 N–H and O–H groups in total. The maximum atomic E-state index is 13.5. The third-order valence-electron chi connectivity index (χ3n) is 5.69. The number of aromatic nitrogens is 1. The molecule has 1 aliphatic rings. The molecule has 10 heteroatoms. The summed E-state index contributed by atoms with van der Waals surface area (Å²) in [6.07, 6.45) is 1.03. The van der Waals surface area contributed by atoms with Crippen LogP contribution in [0.3, 0.4) is 0 Å². The summed E-state index contributed by atoms with van der Waals surface area (Å²) < 4.78 is 33.4. The fraction of sp³-hybridized carbons (Fsp3) is 0.435. The molecule has 1 aromatic carbocycles. The van der Waals surface area contributed by atoms with Gasteiger partial charge in [-0.1, -0.05) is 12.1 Å². The molecule has 1 aliphatic heterocycles. The third kappa shape index (κ3) is 5.17. The maximum absolute atomic E-state index is 13.5. The van der Waals surface area contributed by atoms with Crippen molar-refractivity contribution in [2.45, 2.75) is 45.4 Å². The van der Waals surface area contributed by atoms with Crippen LogP contribution in [0.2, 0.25) is 0 Å². The number of hydrogen-bond donors (Lipinski definition) is 2. The van der Waals surface area contributed by atoms with Gasteiger partial charge in [-0.05, 0) is 52.7 Å². The number of hydrogen-bond acceptors (Lipinski definition) is 6. The van der Waals surface area contributed by atoms with E-state index in [1.54, 1.807) is 45.0 Å². The van der Waals surface area contributed by atoms with Gasteiger partial charge in [0.15, 0.2) is 5.78 Å². The van der Waals surface area contributed by atoms with Crippen LogP contribution in [0.5, 0.6) is 0 Å². The molecule has 1 fully saturated rings. The van der Waals surface area contributed by atoms with E-state index in [4.69, 9.17) is 4.74 Å². The number of esters is 1. The molecule has 0 unspecified atom stereocenters. The summed E-state index contributed by atoms with van der Waals surface area (Å²) in [4.78, 5) is 39.8. The number of sulfonamides is 1. The van der Waals surface area contributed by atoms with Gasteiger partial charge in [0.25, 0.3) is 0 Å². The number of ketones is 1. The van der Waals surface area contributed by atoms with Crippen LogP contribution in [0.1, 0.15) is 58.8 Å². The Bertz CT molecular complexity index is 1180. The summed E-state index contributed by atoms with van der Waals surface area (Å²) in [6.45, 7) is 6.68. The van der Waals surface area contributed by atoms with Crippen molar-refractivity contribution in [3.05, 3.63) is 46.8 Å². The molecule has 2 aromatic rings. The number of nitrogens with zero attached hydrogens (tertiary/aromatic N) is 1. The molecule has 0 bridgehead atoms. The van der Waals surface area contributed by atoms with E-state index >= 15 is 0 Å². The van der Waals surface area contributed by atoms with Gasteiger partial charge in [-0.25, -0.2) is 13.2 Å². The average molecular weight is 476 g/mol. The summed E-state index contributed by atoms with van der Waals surface area (Å²) in [5.41, 5.74) is 1.73. The fourth-order valence-electron chi connectivity index (χ4n) is 4.09. The Morgan fingerprint density at radius 3 is 2.61 bits per heavy atom. The quantitative estimate of drug-likeness (QED) is 0.468. The van der Waals surface area contributed by atoms with E-state index in [1.807, 2.05) is 0 Å². The lowest BCUT2D eigenvalue weighted by Crippen LogP contribution is -2.44. The monoisotopic (exact) mass is 475 g/mol. The molecule has 33 heavy (non-hydrogen) atoms. The van der Waals surface area contributed by atoms with E-state index in [2.05, 4.69) is 10.3 Å². The molecule has 1 amide bonds. The van der Waals surface area contributed by atoms with Gasteiger partial charge < -0.3 is 15.0 Å². The number of benzene rings is 1. The number of nitrogens with one attached hydrogen (secondary N) is 2. The zero-order valence-electron chi connectivity index (χ0n) is 19.2. The molecule has 0 saturated carbocycles. The normalized spacial score (nSPS) is 16.9. The molecule has 178 valence electrons. The number of ether oxygens (including phenoxy) is 1. The van der Waals surface area contributed by atoms with Gasteiger partial charge in [0.1, 0.15) is 10.5 Å². The Balaban J connectivity index is 1.83. The van der Waals surface area contributed by atoms with Crippen molar-refractivity contribution in [2.24, 2.45) is 5.92 Å². The number of amides is 1. The molecule has 0 aliphatic carbocycles. The van der Waals surface area contributed by atoms with Crippen LogP contribution in [0.4, 0.5) is 5.69 Å². The minimum Gasteiger partial charge on any atom is -0.462 e. The van der Waals surface area contributed by atoms with Crippen LogP contribution >= 0.6 is 0 Å². The highest BCUT2D eigenvalue weighted by Gasteiger charge is 2.38. The van der Waals surface area contributed by atoms with Crippen LogP contribution in [0.25, 0.3) is 0 Å². The van der Waals surface area contributed by atoms with Crippen LogP contribution in [0.15, 0.2) is 29.2 Å². The lowest BCUT2D eigenvalue weighted by atomic mass is 9.98. The van der Waals surface area contributed by atoms with Crippen molar-refractivity contribution < 1.29 is 27.5 Å². The summed E-state index contributed by atoms with van der Waals surface area (Å²) in [5.74, 6) is -1.70. The second kappa shape index (κ2) is 9.88. The predicted octanol–water partition coefficient (Wildman–Crippen LogP) is 3.05. The third-order valence-corrected chi connectivity index (χ3v) is 7.72. The molecule has 9 nitrogen and oxygen atoms in total. The molecular formula is C23H29N3O6S. The van der Waals surface area contributed by atoms with E-state index in [0.717, 1.165) is 0 Å². The highest BCUT2D eigenvalue weighted by molar-refractivity contribution is 7.89. The number of Topliss-reactive ketones (excluding diaryl/α,β-unsaturated/α-hetero) is 1. The number of H-pyrrole nitrogens is 1. The lowest BCUT2D eigenvalue weighted by Gasteiger charge is -2.31. The Kier molecular flexibility index (Phi) is 7.38. The Hall–Kier alpha value is -2.98. The molecule has 0 spiro atoms. The zero-order valence-corrected chi connectivity index (χ0v) is 20.0. The van der Waals surface area contributed by atoms with Gasteiger partial charge in [-0.2, -0.15) is 4.31 Å². The molecular weight excluding hydrogens is 446 g/mol. The summed E-state index contributed by atoms with van der Waals surface area (Å²) in [7, 11) is -4.05. The number of piperidine rings is 1. The van der Waals surface area contributed by atoms with Crippen molar-refractivity contribution in [3.8, 4) is 0 Å². The largest absolute Gasteiger partial charge is 0.462 e. The van der Waals surface area contributed by atoms with Crippen LogP contribution in [-0.4, -0.2) is 55.1 Å². The first kappa shape index (κ1) is 24.7. The first-order chi connectivity index (χ1) is 15.6. The van der Waals surface area contributed by atoms with Crippen molar-refractivity contribution >= 4 is 33.4 Å². The maximum Gasteiger partial charge on any atom is 0.341 e. The number of aryl methyl sites for hydroxylation is 2. The van der Waals surface area contributed by atoms with Crippen LogP contribution in [0, 0.1) is 19.8 Å². The Morgan fingerprint density at radius 1 is 1.21 bits per heavy atom. The van der Waals surface area contributed by atoms with Crippen LogP contribution in [-0.2, 0) is 19.6 Å². The van der Waals surface area contributed by atoms with Gasteiger partial charge in [0.2, 0.25) is 15.9 Å². The fourth-order valence-corrected chi connectivity index (χ4v) is 6.03. The number of rotatable bonds is 7. The second-order valence-corrected chi connectivity index (χ2v) is 10.0. The van der Waals surface area contributed by atoms with E-state index in [1.165, 1.54) is 11.2 Å². The van der Waals surface area contributed by atoms with Crippen molar-refractivity contribution in [1.29, 1.82) is 0 Å². The number of carbonyl (C=O) groups is 3. The van der Waals surface area contributed by atoms with E-state index in [-0.39, 0.29) is 41.8 Å². The molecule has 2 heterocycles. The van der Waals surface area contributed by atoms with Crippen molar-refractivity contribution in [3.63, 3.8) is 0 Å². The SMILES string of the molecule is CCOC(=O)c1c(C)[nH]c(C)c1S(=O)(=O)N1CCC[C@@H](C(=O)Nc2cccc(C(C)=O)c2)C1. The Labute approximate surface area is 193 Å². The van der Waals surface area contributed by atoms with E-state index in [0.29, 0.717) is 35.5 Å². The standard InChI is InChI=1S/C23H29N3O6S/c1-5-32-23(29)20-14(2)24-15(3)21(20)33(30,31)26-11-7-9-18(13-26)22(28)25-19-10-6-8-17(12-19)16(4)27/h6,8,10,12,18,24H,5,7,9,11,13H2,1-4H3,(H,25,28)/t18-/m1/s1. The summed E-state index contributed by atoms with van der Waals surface area (Å²) >= 11 is 0. The minimum atomic E-state index is -4.05. The highest BCUT2D eigenvalue weighted by atomic mass is 32.2. The van der Waals surface area contributed by atoms with Crippen molar-refractivity contribution in [1.82, 2.24) is 9.29 Å². The summed E-state index contributed by atoms with van der Waals surface area (Å²) in [5, 5.41) is 2.79. The van der Waals surface area contributed by atoms with Gasteiger partial charge in [-0.3, -0.25) is 9.59 Å². The first-order valence-electron chi connectivity index (χ1n) is 10.8. The number of aromatic amines is 1. The van der Waals surface area contributed by atoms with Gasteiger partial charge in [0, 0.05) is 35.7 Å². The van der Waals surface area contributed by atoms with Gasteiger partial charge in [0.05, 0.1) is 12.5 Å². The van der Waals surface area contributed by atoms with Gasteiger partial charge >= 0.3 is 5.97 Å². The van der Waals surface area contributed by atoms with Crippen molar-refractivity contribution in [2.75, 3.05) is 25.0 Å². The molecule has 3 rings (SSSR count). The number of anilines is 1.